The van der Waals surface area contributed by atoms with Crippen LogP contribution in [0.25, 0.3) is 5.69 Å². The smallest absolute Gasteiger partial charge is 0.238 e. The number of ether oxygens (including phenoxy) is 1. The summed E-state index contributed by atoms with van der Waals surface area (Å²) in [6, 6.07) is 16.2. The molecule has 1 aromatic heterocycles. The van der Waals surface area contributed by atoms with E-state index in [0.29, 0.717) is 0 Å². The third-order valence-corrected chi connectivity index (χ3v) is 5.27. The number of aromatic nitrogens is 2. The van der Waals surface area contributed by atoms with E-state index in [4.69, 9.17) is 4.74 Å². The standard InChI is InChI=1S/C24H30N4O2/c1-6-22(19-9-13-21(30-5)14-10-19)25-15-23(29)26-24-17(3)27-28(18(24)4)20-11-7-16(2)8-12-20/h7-14,22,25H,6,15H2,1-5H3,(H,26,29). The van der Waals surface area contributed by atoms with Crippen molar-refractivity contribution in [2.75, 3.05) is 19.0 Å². The first-order chi connectivity index (χ1) is 14.4. The molecule has 1 atom stereocenters. The van der Waals surface area contributed by atoms with E-state index in [1.165, 1.54) is 5.56 Å². The van der Waals surface area contributed by atoms with Gasteiger partial charge in [0.15, 0.2) is 0 Å². The molecule has 0 radical (unpaired) electrons. The molecule has 2 aromatic carbocycles. The Bertz CT molecular complexity index is 991. The summed E-state index contributed by atoms with van der Waals surface area (Å²) in [5.74, 6) is 0.736. The monoisotopic (exact) mass is 406 g/mol. The Morgan fingerprint density at radius 2 is 1.73 bits per heavy atom. The Morgan fingerprint density at radius 3 is 2.33 bits per heavy atom. The fraction of sp³-hybridized carbons (Fsp3) is 0.333. The quantitative estimate of drug-likeness (QED) is 0.579. The van der Waals surface area contributed by atoms with Crippen molar-refractivity contribution in [1.82, 2.24) is 15.1 Å². The number of hydrogen-bond acceptors (Lipinski definition) is 4. The summed E-state index contributed by atoms with van der Waals surface area (Å²) in [6.45, 7) is 8.25. The van der Waals surface area contributed by atoms with Gasteiger partial charge in [-0.1, -0.05) is 36.8 Å². The lowest BCUT2D eigenvalue weighted by molar-refractivity contribution is -0.115. The summed E-state index contributed by atoms with van der Waals surface area (Å²) in [7, 11) is 1.65. The molecule has 0 aliphatic rings. The van der Waals surface area contributed by atoms with Gasteiger partial charge in [0.25, 0.3) is 0 Å². The largest absolute Gasteiger partial charge is 0.497 e. The van der Waals surface area contributed by atoms with Gasteiger partial charge in [0.05, 0.1) is 36.4 Å². The Labute approximate surface area is 178 Å². The maximum atomic E-state index is 12.6. The molecule has 1 unspecified atom stereocenters. The minimum Gasteiger partial charge on any atom is -0.497 e. The van der Waals surface area contributed by atoms with Gasteiger partial charge < -0.3 is 15.4 Å². The van der Waals surface area contributed by atoms with Gasteiger partial charge >= 0.3 is 0 Å². The van der Waals surface area contributed by atoms with Gasteiger partial charge in [-0.15, -0.1) is 0 Å². The van der Waals surface area contributed by atoms with Crippen LogP contribution in [0, 0.1) is 20.8 Å². The second kappa shape index (κ2) is 9.59. The van der Waals surface area contributed by atoms with E-state index in [-0.39, 0.29) is 18.5 Å². The zero-order valence-electron chi connectivity index (χ0n) is 18.3. The van der Waals surface area contributed by atoms with E-state index in [2.05, 4.69) is 41.7 Å². The zero-order valence-corrected chi connectivity index (χ0v) is 18.3. The summed E-state index contributed by atoms with van der Waals surface area (Å²) in [5, 5.41) is 11.0. The SMILES string of the molecule is CCC(NCC(=O)Nc1c(C)nn(-c2ccc(C)cc2)c1C)c1ccc(OC)cc1. The Hall–Kier alpha value is -3.12. The van der Waals surface area contributed by atoms with E-state index in [0.717, 1.165) is 40.5 Å². The maximum absolute atomic E-state index is 12.6. The average Bonchev–Trinajstić information content (AvgIpc) is 3.03. The lowest BCUT2D eigenvalue weighted by atomic mass is 10.0. The molecule has 3 rings (SSSR count). The molecule has 30 heavy (non-hydrogen) atoms. The van der Waals surface area contributed by atoms with Crippen LogP contribution in [0.2, 0.25) is 0 Å². The Balaban J connectivity index is 1.66. The molecule has 0 saturated heterocycles. The lowest BCUT2D eigenvalue weighted by Crippen LogP contribution is -2.31. The first kappa shape index (κ1) is 21.6. The van der Waals surface area contributed by atoms with Crippen molar-refractivity contribution in [3.63, 3.8) is 0 Å². The lowest BCUT2D eigenvalue weighted by Gasteiger charge is -2.17. The van der Waals surface area contributed by atoms with Crippen LogP contribution < -0.4 is 15.4 Å². The number of carbonyl (C=O) groups is 1. The van der Waals surface area contributed by atoms with Crippen molar-refractivity contribution in [3.8, 4) is 11.4 Å². The highest BCUT2D eigenvalue weighted by Crippen LogP contribution is 2.23. The van der Waals surface area contributed by atoms with Gasteiger partial charge in [0.2, 0.25) is 5.91 Å². The molecule has 0 saturated carbocycles. The molecule has 2 N–H and O–H groups in total. The van der Waals surface area contributed by atoms with Crippen molar-refractivity contribution in [2.45, 2.75) is 40.2 Å². The molecule has 158 valence electrons. The number of rotatable bonds is 8. The minimum atomic E-state index is -0.0865. The topological polar surface area (TPSA) is 68.2 Å². The highest BCUT2D eigenvalue weighted by atomic mass is 16.5. The number of methoxy groups -OCH3 is 1. The number of aryl methyl sites for hydroxylation is 2. The molecular formula is C24H30N4O2. The van der Waals surface area contributed by atoms with Gasteiger partial charge in [-0.25, -0.2) is 4.68 Å². The maximum Gasteiger partial charge on any atom is 0.238 e. The van der Waals surface area contributed by atoms with Gasteiger partial charge in [0.1, 0.15) is 5.75 Å². The molecule has 1 heterocycles. The number of nitrogens with one attached hydrogen (secondary N) is 2. The number of nitrogens with zero attached hydrogens (tertiary/aromatic N) is 2. The van der Waals surface area contributed by atoms with Gasteiger partial charge in [-0.3, -0.25) is 4.79 Å². The number of benzene rings is 2. The van der Waals surface area contributed by atoms with E-state index >= 15 is 0 Å². The summed E-state index contributed by atoms with van der Waals surface area (Å²) in [5.41, 5.74) is 5.77. The van der Waals surface area contributed by atoms with Crippen LogP contribution in [-0.2, 0) is 4.79 Å². The minimum absolute atomic E-state index is 0.0865. The molecule has 1 amide bonds. The van der Waals surface area contributed by atoms with Crippen molar-refractivity contribution in [2.24, 2.45) is 0 Å². The number of anilines is 1. The molecule has 0 fully saturated rings. The third kappa shape index (κ3) is 4.89. The molecule has 0 spiro atoms. The second-order valence-corrected chi connectivity index (χ2v) is 7.46. The predicted molar refractivity (Wildman–Crippen MR) is 120 cm³/mol. The van der Waals surface area contributed by atoms with Crippen LogP contribution in [0.4, 0.5) is 5.69 Å². The van der Waals surface area contributed by atoms with Gasteiger partial charge in [0, 0.05) is 6.04 Å². The van der Waals surface area contributed by atoms with E-state index in [1.807, 2.05) is 54.9 Å². The van der Waals surface area contributed by atoms with E-state index in [1.54, 1.807) is 7.11 Å². The van der Waals surface area contributed by atoms with Crippen molar-refractivity contribution < 1.29 is 9.53 Å². The normalized spacial score (nSPS) is 11.9. The molecule has 0 bridgehead atoms. The second-order valence-electron chi connectivity index (χ2n) is 7.46. The van der Waals surface area contributed by atoms with E-state index < -0.39 is 0 Å². The highest BCUT2D eigenvalue weighted by molar-refractivity contribution is 5.93. The van der Waals surface area contributed by atoms with Gasteiger partial charge in [-0.05, 0) is 57.0 Å². The average molecular weight is 407 g/mol. The molecule has 6 nitrogen and oxygen atoms in total. The van der Waals surface area contributed by atoms with Crippen LogP contribution in [0.1, 0.15) is 41.9 Å². The first-order valence-electron chi connectivity index (χ1n) is 10.2. The molecular weight excluding hydrogens is 376 g/mol. The Morgan fingerprint density at radius 1 is 1.07 bits per heavy atom. The fourth-order valence-corrected chi connectivity index (χ4v) is 3.49. The van der Waals surface area contributed by atoms with Gasteiger partial charge in [-0.2, -0.15) is 5.10 Å². The predicted octanol–water partition coefficient (Wildman–Crippen LogP) is 4.49. The van der Waals surface area contributed by atoms with Crippen LogP contribution in [0.5, 0.6) is 5.75 Å². The summed E-state index contributed by atoms with van der Waals surface area (Å²) in [4.78, 5) is 12.6. The van der Waals surface area contributed by atoms with E-state index in [9.17, 15) is 4.79 Å². The van der Waals surface area contributed by atoms with Crippen molar-refractivity contribution >= 4 is 11.6 Å². The molecule has 6 heteroatoms. The molecule has 0 aliphatic carbocycles. The number of hydrogen-bond donors (Lipinski definition) is 2. The summed E-state index contributed by atoms with van der Waals surface area (Å²) in [6.07, 6.45) is 0.878. The Kier molecular flexibility index (Phi) is 6.90. The van der Waals surface area contributed by atoms with Crippen LogP contribution in [0.15, 0.2) is 48.5 Å². The summed E-state index contributed by atoms with van der Waals surface area (Å²) >= 11 is 0. The van der Waals surface area contributed by atoms with Crippen molar-refractivity contribution in [1.29, 1.82) is 0 Å². The number of amides is 1. The summed E-state index contributed by atoms with van der Waals surface area (Å²) < 4.78 is 7.08. The third-order valence-electron chi connectivity index (χ3n) is 5.27. The van der Waals surface area contributed by atoms with Crippen LogP contribution in [-0.4, -0.2) is 29.3 Å². The zero-order chi connectivity index (χ0) is 21.7. The highest BCUT2D eigenvalue weighted by Gasteiger charge is 2.16. The number of carbonyl (C=O) groups excluding carboxylic acids is 1. The first-order valence-corrected chi connectivity index (χ1v) is 10.2. The molecule has 0 aliphatic heterocycles. The fourth-order valence-electron chi connectivity index (χ4n) is 3.49. The van der Waals surface area contributed by atoms with Crippen LogP contribution in [0.3, 0.4) is 0 Å². The van der Waals surface area contributed by atoms with Crippen molar-refractivity contribution in [3.05, 3.63) is 71.0 Å². The van der Waals surface area contributed by atoms with Crippen LogP contribution >= 0.6 is 0 Å². The molecule has 3 aromatic rings.